The molecule has 0 bridgehead atoms. The molecule has 6 nitrogen and oxygen atoms in total. The van der Waals surface area contributed by atoms with Gasteiger partial charge in [0, 0.05) is 32.5 Å². The van der Waals surface area contributed by atoms with Crippen molar-refractivity contribution in [1.29, 1.82) is 0 Å². The zero-order valence-corrected chi connectivity index (χ0v) is 14.3. The Balaban J connectivity index is 1.68. The van der Waals surface area contributed by atoms with Gasteiger partial charge in [-0.05, 0) is 30.4 Å². The topological polar surface area (TPSA) is 72.4 Å². The van der Waals surface area contributed by atoms with E-state index in [1.807, 2.05) is 30.3 Å². The minimum absolute atomic E-state index is 0.0829. The number of carbonyl (C=O) groups excluding carboxylic acids is 1. The van der Waals surface area contributed by atoms with Gasteiger partial charge in [-0.25, -0.2) is 4.79 Å². The summed E-state index contributed by atoms with van der Waals surface area (Å²) in [4.78, 5) is 23.9. The number of rotatable bonds is 5. The molecule has 0 spiro atoms. The van der Waals surface area contributed by atoms with E-state index in [9.17, 15) is 9.59 Å². The standard InChI is InChI=1S/C19H23N3O3/c1-22-12-16(7-8-18(22)23)20-19(24)21-17(11-14-9-10-25-13-14)15-5-3-2-4-6-15/h2-8,12,14,17H,9-11,13H2,1H3,(H2,20,21,24). The zero-order valence-electron chi connectivity index (χ0n) is 14.3. The highest BCUT2D eigenvalue weighted by Gasteiger charge is 2.23. The molecular weight excluding hydrogens is 318 g/mol. The maximum atomic E-state index is 12.4. The molecule has 132 valence electrons. The van der Waals surface area contributed by atoms with Gasteiger partial charge < -0.3 is 19.9 Å². The summed E-state index contributed by atoms with van der Waals surface area (Å²) in [5.41, 5.74) is 1.54. The first-order chi connectivity index (χ1) is 12.1. The molecule has 2 aromatic rings. The summed E-state index contributed by atoms with van der Waals surface area (Å²) in [6.07, 6.45) is 3.46. The number of nitrogens with one attached hydrogen (secondary N) is 2. The van der Waals surface area contributed by atoms with Crippen molar-refractivity contribution in [2.24, 2.45) is 13.0 Å². The number of carbonyl (C=O) groups is 1. The minimum atomic E-state index is -0.286. The summed E-state index contributed by atoms with van der Waals surface area (Å²) >= 11 is 0. The zero-order chi connectivity index (χ0) is 17.6. The summed E-state index contributed by atoms with van der Waals surface area (Å²) in [6.45, 7) is 1.53. The molecule has 2 atom stereocenters. The van der Waals surface area contributed by atoms with E-state index < -0.39 is 0 Å². The van der Waals surface area contributed by atoms with Gasteiger partial charge >= 0.3 is 6.03 Å². The van der Waals surface area contributed by atoms with Crippen LogP contribution in [0.4, 0.5) is 10.5 Å². The van der Waals surface area contributed by atoms with Crippen LogP contribution in [0.25, 0.3) is 0 Å². The number of urea groups is 1. The number of aromatic nitrogens is 1. The Morgan fingerprint density at radius 1 is 1.28 bits per heavy atom. The molecule has 1 aliphatic heterocycles. The third-order valence-corrected chi connectivity index (χ3v) is 4.44. The monoisotopic (exact) mass is 341 g/mol. The molecule has 25 heavy (non-hydrogen) atoms. The van der Waals surface area contributed by atoms with Crippen LogP contribution in [-0.2, 0) is 11.8 Å². The predicted molar refractivity (Wildman–Crippen MR) is 96.6 cm³/mol. The molecule has 1 saturated heterocycles. The first-order valence-corrected chi connectivity index (χ1v) is 8.49. The van der Waals surface area contributed by atoms with Crippen LogP contribution < -0.4 is 16.2 Å². The number of ether oxygens (including phenoxy) is 1. The number of amides is 2. The fourth-order valence-electron chi connectivity index (χ4n) is 3.06. The van der Waals surface area contributed by atoms with Crippen molar-refractivity contribution in [2.75, 3.05) is 18.5 Å². The Hall–Kier alpha value is -2.60. The second-order valence-electron chi connectivity index (χ2n) is 6.39. The average molecular weight is 341 g/mol. The molecule has 2 unspecified atom stereocenters. The molecule has 0 radical (unpaired) electrons. The molecule has 2 amide bonds. The van der Waals surface area contributed by atoms with Gasteiger partial charge in [0.2, 0.25) is 5.56 Å². The van der Waals surface area contributed by atoms with Gasteiger partial charge in [0.05, 0.1) is 11.7 Å². The first kappa shape index (κ1) is 17.2. The van der Waals surface area contributed by atoms with Crippen molar-refractivity contribution in [3.63, 3.8) is 0 Å². The van der Waals surface area contributed by atoms with E-state index in [2.05, 4.69) is 10.6 Å². The highest BCUT2D eigenvalue weighted by atomic mass is 16.5. The van der Waals surface area contributed by atoms with Gasteiger partial charge in [-0.1, -0.05) is 30.3 Å². The Kier molecular flexibility index (Phi) is 5.50. The summed E-state index contributed by atoms with van der Waals surface area (Å²) in [5, 5.41) is 5.84. The quantitative estimate of drug-likeness (QED) is 0.878. The molecule has 0 saturated carbocycles. The van der Waals surface area contributed by atoms with E-state index in [0.29, 0.717) is 11.6 Å². The van der Waals surface area contributed by atoms with E-state index in [4.69, 9.17) is 4.74 Å². The van der Waals surface area contributed by atoms with Crippen LogP contribution in [0.1, 0.15) is 24.4 Å². The molecule has 1 fully saturated rings. The number of benzene rings is 1. The Morgan fingerprint density at radius 2 is 2.08 bits per heavy atom. The van der Waals surface area contributed by atoms with Gasteiger partial charge in [0.25, 0.3) is 0 Å². The number of hydrogen-bond acceptors (Lipinski definition) is 3. The minimum Gasteiger partial charge on any atom is -0.381 e. The summed E-state index contributed by atoms with van der Waals surface area (Å²) in [6, 6.07) is 12.6. The van der Waals surface area contributed by atoms with E-state index in [0.717, 1.165) is 31.6 Å². The second kappa shape index (κ2) is 7.98. The van der Waals surface area contributed by atoms with Crippen LogP contribution in [0.2, 0.25) is 0 Å². The Morgan fingerprint density at radius 3 is 2.76 bits per heavy atom. The molecule has 2 heterocycles. The van der Waals surface area contributed by atoms with Crippen molar-refractivity contribution in [2.45, 2.75) is 18.9 Å². The van der Waals surface area contributed by atoms with Crippen molar-refractivity contribution in [3.8, 4) is 0 Å². The number of hydrogen-bond donors (Lipinski definition) is 2. The van der Waals surface area contributed by atoms with Crippen molar-refractivity contribution in [3.05, 3.63) is 64.6 Å². The van der Waals surface area contributed by atoms with Gasteiger partial charge in [0.1, 0.15) is 0 Å². The third kappa shape index (κ3) is 4.70. The number of nitrogens with zero attached hydrogens (tertiary/aromatic N) is 1. The highest BCUT2D eigenvalue weighted by Crippen LogP contribution is 2.26. The molecule has 1 aliphatic rings. The second-order valence-corrected chi connectivity index (χ2v) is 6.39. The van der Waals surface area contributed by atoms with Crippen LogP contribution in [0.3, 0.4) is 0 Å². The Labute approximate surface area is 146 Å². The van der Waals surface area contributed by atoms with Crippen LogP contribution in [-0.4, -0.2) is 23.8 Å². The molecule has 1 aromatic carbocycles. The lowest BCUT2D eigenvalue weighted by atomic mass is 9.94. The summed E-state index contributed by atoms with van der Waals surface area (Å²) in [5.74, 6) is 0.447. The lowest BCUT2D eigenvalue weighted by molar-refractivity contribution is 0.181. The largest absolute Gasteiger partial charge is 0.381 e. The van der Waals surface area contributed by atoms with Crippen LogP contribution >= 0.6 is 0 Å². The van der Waals surface area contributed by atoms with E-state index in [-0.39, 0.29) is 17.6 Å². The number of aryl methyl sites for hydroxylation is 1. The molecule has 3 rings (SSSR count). The SMILES string of the molecule is Cn1cc(NC(=O)NC(CC2CCOC2)c2ccccc2)ccc1=O. The van der Waals surface area contributed by atoms with Crippen LogP contribution in [0.5, 0.6) is 0 Å². The van der Waals surface area contributed by atoms with Crippen molar-refractivity contribution >= 4 is 11.7 Å². The third-order valence-electron chi connectivity index (χ3n) is 4.44. The fourth-order valence-corrected chi connectivity index (χ4v) is 3.06. The van der Waals surface area contributed by atoms with Gasteiger partial charge in [-0.3, -0.25) is 4.79 Å². The smallest absolute Gasteiger partial charge is 0.319 e. The van der Waals surface area contributed by atoms with Gasteiger partial charge in [-0.2, -0.15) is 0 Å². The normalized spacial score (nSPS) is 17.9. The number of anilines is 1. The average Bonchev–Trinajstić information content (AvgIpc) is 3.11. The first-order valence-electron chi connectivity index (χ1n) is 8.49. The summed E-state index contributed by atoms with van der Waals surface area (Å²) in [7, 11) is 1.65. The highest BCUT2D eigenvalue weighted by molar-refractivity contribution is 5.89. The van der Waals surface area contributed by atoms with Gasteiger partial charge in [0.15, 0.2) is 0 Å². The lowest BCUT2D eigenvalue weighted by Crippen LogP contribution is -2.34. The lowest BCUT2D eigenvalue weighted by Gasteiger charge is -2.22. The Bertz CT molecular complexity index is 767. The maximum absolute atomic E-state index is 12.4. The molecular formula is C19H23N3O3. The van der Waals surface area contributed by atoms with E-state index >= 15 is 0 Å². The predicted octanol–water partition coefficient (Wildman–Crippen LogP) is 2.67. The molecule has 0 aliphatic carbocycles. The fraction of sp³-hybridized carbons (Fsp3) is 0.368. The number of pyridine rings is 1. The van der Waals surface area contributed by atoms with Gasteiger partial charge in [-0.15, -0.1) is 0 Å². The van der Waals surface area contributed by atoms with Crippen LogP contribution in [0.15, 0.2) is 53.5 Å². The summed E-state index contributed by atoms with van der Waals surface area (Å²) < 4.78 is 6.89. The van der Waals surface area contributed by atoms with Crippen LogP contribution in [0, 0.1) is 5.92 Å². The van der Waals surface area contributed by atoms with Crippen molar-refractivity contribution < 1.29 is 9.53 Å². The maximum Gasteiger partial charge on any atom is 0.319 e. The molecule has 2 N–H and O–H groups in total. The van der Waals surface area contributed by atoms with E-state index in [1.165, 1.54) is 10.6 Å². The molecule has 1 aromatic heterocycles. The van der Waals surface area contributed by atoms with E-state index in [1.54, 1.807) is 19.3 Å². The van der Waals surface area contributed by atoms with Crippen molar-refractivity contribution in [1.82, 2.24) is 9.88 Å². The molecule has 6 heteroatoms.